The summed E-state index contributed by atoms with van der Waals surface area (Å²) in [7, 11) is -1.95. The summed E-state index contributed by atoms with van der Waals surface area (Å²) in [6, 6.07) is 16.6. The minimum absolute atomic E-state index is 0.145. The number of rotatable bonds is 4. The Labute approximate surface area is 162 Å². The molecule has 0 aliphatic heterocycles. The van der Waals surface area contributed by atoms with Crippen molar-refractivity contribution in [1.29, 1.82) is 0 Å². The standard InChI is InChI=1S/C22H28ClNOSi/c1-16-21(25-26(5,6)22(2,3)4)19-14-18(23)12-13-20(19)24(16)15-17-10-8-7-9-11-17/h7-14H,15H2,1-6H3. The molecule has 0 atom stereocenters. The summed E-state index contributed by atoms with van der Waals surface area (Å²) in [5.74, 6) is 0.991. The fraction of sp³-hybridized carbons (Fsp3) is 0.364. The minimum Gasteiger partial charge on any atom is -0.542 e. The van der Waals surface area contributed by atoms with Gasteiger partial charge in [-0.25, -0.2) is 0 Å². The van der Waals surface area contributed by atoms with Gasteiger partial charge in [-0.15, -0.1) is 0 Å². The van der Waals surface area contributed by atoms with Crippen molar-refractivity contribution in [3.8, 4) is 5.75 Å². The van der Waals surface area contributed by atoms with Gasteiger partial charge in [-0.3, -0.25) is 0 Å². The van der Waals surface area contributed by atoms with E-state index in [1.807, 2.05) is 12.1 Å². The van der Waals surface area contributed by atoms with E-state index in [0.29, 0.717) is 0 Å². The van der Waals surface area contributed by atoms with E-state index >= 15 is 0 Å². The summed E-state index contributed by atoms with van der Waals surface area (Å²) in [5.41, 5.74) is 3.61. The molecule has 0 spiro atoms. The predicted molar refractivity (Wildman–Crippen MR) is 115 cm³/mol. The Balaban J connectivity index is 2.14. The van der Waals surface area contributed by atoms with Crippen molar-refractivity contribution in [3.63, 3.8) is 0 Å². The van der Waals surface area contributed by atoms with Crippen molar-refractivity contribution in [3.05, 3.63) is 64.8 Å². The summed E-state index contributed by atoms with van der Waals surface area (Å²) in [6.45, 7) is 14.4. The molecular formula is C22H28ClNOSi. The topological polar surface area (TPSA) is 14.2 Å². The maximum atomic E-state index is 6.74. The first-order chi connectivity index (χ1) is 12.1. The third-order valence-electron chi connectivity index (χ3n) is 5.57. The lowest BCUT2D eigenvalue weighted by atomic mass is 10.2. The monoisotopic (exact) mass is 385 g/mol. The Bertz CT molecular complexity index is 923. The van der Waals surface area contributed by atoms with E-state index in [-0.39, 0.29) is 5.04 Å². The summed E-state index contributed by atoms with van der Waals surface area (Å²) < 4.78 is 9.08. The molecule has 1 aromatic heterocycles. The van der Waals surface area contributed by atoms with E-state index in [0.717, 1.165) is 28.4 Å². The molecule has 0 aliphatic carbocycles. The minimum atomic E-state index is -1.95. The molecule has 0 amide bonds. The van der Waals surface area contributed by atoms with Crippen LogP contribution in [-0.2, 0) is 6.54 Å². The van der Waals surface area contributed by atoms with E-state index in [9.17, 15) is 0 Å². The Kier molecular flexibility index (Phi) is 4.97. The molecule has 3 aromatic rings. The number of hydrogen-bond donors (Lipinski definition) is 0. The van der Waals surface area contributed by atoms with Gasteiger partial charge in [0, 0.05) is 17.0 Å². The molecule has 0 aliphatic rings. The Morgan fingerprint density at radius 2 is 1.69 bits per heavy atom. The van der Waals surface area contributed by atoms with Crippen LogP contribution in [0.2, 0.25) is 23.2 Å². The Morgan fingerprint density at radius 1 is 1.04 bits per heavy atom. The number of fused-ring (bicyclic) bond motifs is 1. The fourth-order valence-corrected chi connectivity index (χ4v) is 4.18. The highest BCUT2D eigenvalue weighted by Crippen LogP contribution is 2.42. The van der Waals surface area contributed by atoms with Gasteiger partial charge in [-0.2, -0.15) is 0 Å². The Morgan fingerprint density at radius 3 is 2.31 bits per heavy atom. The van der Waals surface area contributed by atoms with Gasteiger partial charge in [0.05, 0.1) is 11.2 Å². The molecule has 0 N–H and O–H groups in total. The first-order valence-corrected chi connectivity index (χ1v) is 12.4. The lowest BCUT2D eigenvalue weighted by molar-refractivity contribution is 0.490. The third kappa shape index (κ3) is 3.56. The average molecular weight is 386 g/mol. The van der Waals surface area contributed by atoms with Crippen LogP contribution >= 0.6 is 11.6 Å². The second-order valence-corrected chi connectivity index (χ2v) is 13.7. The van der Waals surface area contributed by atoms with Crippen molar-refractivity contribution < 1.29 is 4.43 Å². The van der Waals surface area contributed by atoms with Gasteiger partial charge >= 0.3 is 0 Å². The molecule has 26 heavy (non-hydrogen) atoms. The molecule has 0 bridgehead atoms. The van der Waals surface area contributed by atoms with Gasteiger partial charge < -0.3 is 8.99 Å². The summed E-state index contributed by atoms with van der Waals surface area (Å²) in [5, 5.41) is 2.00. The molecule has 0 radical (unpaired) electrons. The highest BCUT2D eigenvalue weighted by molar-refractivity contribution is 6.74. The van der Waals surface area contributed by atoms with E-state index < -0.39 is 8.32 Å². The third-order valence-corrected chi connectivity index (χ3v) is 10.1. The van der Waals surface area contributed by atoms with Crippen LogP contribution in [0.25, 0.3) is 10.9 Å². The second-order valence-electron chi connectivity index (χ2n) is 8.51. The van der Waals surface area contributed by atoms with Crippen LogP contribution in [-0.4, -0.2) is 12.9 Å². The zero-order valence-corrected chi connectivity index (χ0v) is 18.3. The van der Waals surface area contributed by atoms with Gasteiger partial charge in [0.1, 0.15) is 5.75 Å². The second kappa shape index (κ2) is 6.79. The van der Waals surface area contributed by atoms with Crippen LogP contribution < -0.4 is 4.43 Å². The molecule has 2 nitrogen and oxygen atoms in total. The van der Waals surface area contributed by atoms with E-state index in [4.69, 9.17) is 16.0 Å². The molecule has 3 rings (SSSR count). The number of hydrogen-bond acceptors (Lipinski definition) is 1. The first kappa shape index (κ1) is 19.1. The predicted octanol–water partition coefficient (Wildman–Crippen LogP) is 7.04. The van der Waals surface area contributed by atoms with Crippen LogP contribution in [0, 0.1) is 6.92 Å². The van der Waals surface area contributed by atoms with Gasteiger partial charge in [-0.1, -0.05) is 62.7 Å². The van der Waals surface area contributed by atoms with Crippen molar-refractivity contribution in [2.75, 3.05) is 0 Å². The number of halogens is 1. The SMILES string of the molecule is Cc1c(O[Si](C)(C)C(C)(C)C)c2cc(Cl)ccc2n1Cc1ccccc1. The lowest BCUT2D eigenvalue weighted by Gasteiger charge is -2.36. The van der Waals surface area contributed by atoms with Crippen LogP contribution in [0.1, 0.15) is 32.0 Å². The first-order valence-electron chi connectivity index (χ1n) is 9.11. The molecule has 138 valence electrons. The van der Waals surface area contributed by atoms with Gasteiger partial charge in [-0.05, 0) is 48.8 Å². The zero-order chi connectivity index (χ0) is 19.1. The fourth-order valence-electron chi connectivity index (χ4n) is 2.93. The van der Waals surface area contributed by atoms with Crippen molar-refractivity contribution in [1.82, 2.24) is 4.57 Å². The van der Waals surface area contributed by atoms with E-state index in [2.05, 4.69) is 81.8 Å². The smallest absolute Gasteiger partial charge is 0.250 e. The quantitative estimate of drug-likeness (QED) is 0.439. The molecule has 0 saturated carbocycles. The van der Waals surface area contributed by atoms with Crippen LogP contribution in [0.15, 0.2) is 48.5 Å². The lowest BCUT2D eigenvalue weighted by Crippen LogP contribution is -2.44. The van der Waals surface area contributed by atoms with E-state index in [1.165, 1.54) is 11.1 Å². The number of benzene rings is 2. The number of nitrogens with zero attached hydrogens (tertiary/aromatic N) is 1. The van der Waals surface area contributed by atoms with Crippen LogP contribution in [0.5, 0.6) is 5.75 Å². The van der Waals surface area contributed by atoms with Crippen molar-refractivity contribution in [2.45, 2.75) is 52.4 Å². The molecule has 1 heterocycles. The van der Waals surface area contributed by atoms with Crippen molar-refractivity contribution >= 4 is 30.8 Å². The van der Waals surface area contributed by atoms with Gasteiger partial charge in [0.2, 0.25) is 0 Å². The number of aromatic nitrogens is 1. The van der Waals surface area contributed by atoms with Crippen LogP contribution in [0.4, 0.5) is 0 Å². The average Bonchev–Trinajstić information content (AvgIpc) is 2.80. The summed E-state index contributed by atoms with van der Waals surface area (Å²) in [4.78, 5) is 0. The van der Waals surface area contributed by atoms with Gasteiger partial charge in [0.15, 0.2) is 0 Å². The van der Waals surface area contributed by atoms with E-state index in [1.54, 1.807) is 0 Å². The molecule has 0 saturated heterocycles. The zero-order valence-electron chi connectivity index (χ0n) is 16.6. The highest BCUT2D eigenvalue weighted by Gasteiger charge is 2.40. The molecule has 0 fully saturated rings. The molecular weight excluding hydrogens is 358 g/mol. The molecule has 2 aromatic carbocycles. The maximum Gasteiger partial charge on any atom is 0.250 e. The largest absolute Gasteiger partial charge is 0.542 e. The van der Waals surface area contributed by atoms with Crippen LogP contribution in [0.3, 0.4) is 0 Å². The van der Waals surface area contributed by atoms with Gasteiger partial charge in [0.25, 0.3) is 8.32 Å². The molecule has 0 unspecified atom stereocenters. The highest BCUT2D eigenvalue weighted by atomic mass is 35.5. The van der Waals surface area contributed by atoms with Crippen molar-refractivity contribution in [2.24, 2.45) is 0 Å². The maximum absolute atomic E-state index is 6.74. The molecule has 4 heteroatoms. The summed E-state index contributed by atoms with van der Waals surface area (Å²) >= 11 is 6.32. The normalized spacial score (nSPS) is 12.6. The Hall–Kier alpha value is -1.71. The summed E-state index contributed by atoms with van der Waals surface area (Å²) in [6.07, 6.45) is 0.